The van der Waals surface area contributed by atoms with Crippen LogP contribution in [-0.4, -0.2) is 30.1 Å². The first-order valence-electron chi connectivity index (χ1n) is 5.67. The van der Waals surface area contributed by atoms with Crippen molar-refractivity contribution in [2.75, 3.05) is 6.54 Å². The van der Waals surface area contributed by atoms with Crippen molar-refractivity contribution in [3.05, 3.63) is 35.7 Å². The van der Waals surface area contributed by atoms with Crippen LogP contribution >= 0.6 is 0 Å². The average Bonchev–Trinajstić information content (AvgIpc) is 2.70. The van der Waals surface area contributed by atoms with Crippen LogP contribution in [0.3, 0.4) is 0 Å². The highest BCUT2D eigenvalue weighted by atomic mass is 32.2. The second-order valence-corrected chi connectivity index (χ2v) is 5.75. The molecule has 0 bridgehead atoms. The minimum absolute atomic E-state index is 0.108. The van der Waals surface area contributed by atoms with Crippen molar-refractivity contribution in [2.24, 2.45) is 0 Å². The maximum Gasteiger partial charge on any atom is 0.245 e. The molecule has 0 unspecified atom stereocenters. The monoisotopic (exact) mass is 282 g/mol. The Hall–Kier alpha value is -1.80. The maximum absolute atomic E-state index is 12.1. The van der Waals surface area contributed by atoms with E-state index in [4.69, 9.17) is 4.52 Å². The number of nitrogens with zero attached hydrogens (tertiary/aromatic N) is 3. The van der Waals surface area contributed by atoms with Gasteiger partial charge >= 0.3 is 0 Å². The van der Waals surface area contributed by atoms with Gasteiger partial charge in [-0.05, 0) is 25.8 Å². The number of rotatable bonds is 5. The molecule has 2 heterocycles. The highest BCUT2D eigenvalue weighted by molar-refractivity contribution is 7.89. The molecule has 1 N–H and O–H groups in total. The van der Waals surface area contributed by atoms with Crippen molar-refractivity contribution >= 4 is 10.0 Å². The van der Waals surface area contributed by atoms with Crippen LogP contribution in [0.5, 0.6) is 0 Å². The topological polar surface area (TPSA) is 98.0 Å². The Morgan fingerprint density at radius 1 is 1.26 bits per heavy atom. The lowest BCUT2D eigenvalue weighted by atomic mass is 10.2. The second-order valence-electron chi connectivity index (χ2n) is 4.05. The lowest BCUT2D eigenvalue weighted by Crippen LogP contribution is -2.26. The number of sulfonamides is 1. The Bertz CT molecular complexity index is 632. The molecule has 2 rings (SSSR count). The van der Waals surface area contributed by atoms with Crippen LogP contribution in [0.15, 0.2) is 28.1 Å². The lowest BCUT2D eigenvalue weighted by molar-refractivity contribution is 0.390. The van der Waals surface area contributed by atoms with Crippen molar-refractivity contribution in [2.45, 2.75) is 25.2 Å². The van der Waals surface area contributed by atoms with Gasteiger partial charge in [-0.2, -0.15) is 0 Å². The molecule has 8 heteroatoms. The average molecular weight is 282 g/mol. The normalized spacial score (nSPS) is 11.7. The van der Waals surface area contributed by atoms with E-state index < -0.39 is 10.0 Å². The van der Waals surface area contributed by atoms with E-state index in [1.807, 2.05) is 0 Å². The molecule has 102 valence electrons. The fraction of sp³-hybridized carbons (Fsp3) is 0.364. The zero-order chi connectivity index (χ0) is 13.9. The zero-order valence-corrected chi connectivity index (χ0v) is 11.4. The van der Waals surface area contributed by atoms with Crippen LogP contribution in [0.2, 0.25) is 0 Å². The fourth-order valence-corrected chi connectivity index (χ4v) is 3.08. The predicted octanol–water partition coefficient (Wildman–Crippen LogP) is 0.602. The second kappa shape index (κ2) is 5.45. The van der Waals surface area contributed by atoms with E-state index >= 15 is 0 Å². The van der Waals surface area contributed by atoms with Gasteiger partial charge in [0.05, 0.1) is 0 Å². The molecular weight excluding hydrogens is 268 g/mol. The van der Waals surface area contributed by atoms with Gasteiger partial charge in [0, 0.05) is 18.9 Å². The molecule has 0 atom stereocenters. The Morgan fingerprint density at radius 2 is 1.95 bits per heavy atom. The SMILES string of the molecule is Cc1noc(C)c1S(=O)(=O)NCCc1cncnc1. The van der Waals surface area contributed by atoms with E-state index in [9.17, 15) is 8.42 Å². The third kappa shape index (κ3) is 3.15. The Morgan fingerprint density at radius 3 is 2.53 bits per heavy atom. The summed E-state index contributed by atoms with van der Waals surface area (Å²) in [6, 6.07) is 0. The van der Waals surface area contributed by atoms with Crippen molar-refractivity contribution in [1.29, 1.82) is 0 Å². The minimum Gasteiger partial charge on any atom is -0.360 e. The van der Waals surface area contributed by atoms with Crippen LogP contribution in [0, 0.1) is 13.8 Å². The molecule has 0 spiro atoms. The molecule has 2 aromatic heterocycles. The molecule has 0 fully saturated rings. The van der Waals surface area contributed by atoms with Gasteiger partial charge in [0.1, 0.15) is 16.9 Å². The first kappa shape index (κ1) is 13.6. The van der Waals surface area contributed by atoms with Crippen molar-refractivity contribution < 1.29 is 12.9 Å². The minimum atomic E-state index is -3.60. The Kier molecular flexibility index (Phi) is 3.91. The standard InChI is InChI=1S/C11H14N4O3S/c1-8-11(9(2)18-15-8)19(16,17)14-4-3-10-5-12-7-13-6-10/h5-7,14H,3-4H2,1-2H3. The zero-order valence-electron chi connectivity index (χ0n) is 10.6. The highest BCUT2D eigenvalue weighted by Crippen LogP contribution is 2.18. The van der Waals surface area contributed by atoms with Gasteiger partial charge in [-0.1, -0.05) is 5.16 Å². The molecule has 0 radical (unpaired) electrons. The third-order valence-corrected chi connectivity index (χ3v) is 4.26. The van der Waals surface area contributed by atoms with Crippen LogP contribution in [0.4, 0.5) is 0 Å². The molecule has 0 saturated carbocycles. The molecule has 2 aromatic rings. The van der Waals surface area contributed by atoms with E-state index in [0.717, 1.165) is 5.56 Å². The van der Waals surface area contributed by atoms with E-state index in [-0.39, 0.29) is 17.2 Å². The summed E-state index contributed by atoms with van der Waals surface area (Å²) in [6.45, 7) is 3.43. The van der Waals surface area contributed by atoms with Gasteiger partial charge in [0.15, 0.2) is 5.76 Å². The van der Waals surface area contributed by atoms with E-state index in [0.29, 0.717) is 12.1 Å². The molecular formula is C11H14N4O3S. The summed E-state index contributed by atoms with van der Waals surface area (Å²) in [5.74, 6) is 0.285. The van der Waals surface area contributed by atoms with Gasteiger partial charge in [-0.3, -0.25) is 0 Å². The van der Waals surface area contributed by atoms with E-state index in [1.165, 1.54) is 6.33 Å². The summed E-state index contributed by atoms with van der Waals surface area (Å²) in [6.07, 6.45) is 5.25. The summed E-state index contributed by atoms with van der Waals surface area (Å²) in [5, 5.41) is 3.63. The lowest BCUT2D eigenvalue weighted by Gasteiger charge is -2.05. The maximum atomic E-state index is 12.1. The number of hydrogen-bond acceptors (Lipinski definition) is 6. The molecule has 0 aliphatic carbocycles. The number of nitrogens with one attached hydrogen (secondary N) is 1. The summed E-state index contributed by atoms with van der Waals surface area (Å²) in [4.78, 5) is 7.84. The molecule has 0 amide bonds. The Labute approximate surface area is 111 Å². The molecule has 19 heavy (non-hydrogen) atoms. The van der Waals surface area contributed by atoms with Crippen molar-refractivity contribution in [3.8, 4) is 0 Å². The molecule has 0 saturated heterocycles. The summed E-state index contributed by atoms with van der Waals surface area (Å²) >= 11 is 0. The van der Waals surface area contributed by atoms with Gasteiger partial charge in [-0.15, -0.1) is 0 Å². The number of aryl methyl sites for hydroxylation is 2. The molecule has 0 aromatic carbocycles. The van der Waals surface area contributed by atoms with Crippen LogP contribution < -0.4 is 4.72 Å². The van der Waals surface area contributed by atoms with Crippen LogP contribution in [0.1, 0.15) is 17.0 Å². The summed E-state index contributed by atoms with van der Waals surface area (Å²) in [7, 11) is -3.60. The van der Waals surface area contributed by atoms with Crippen molar-refractivity contribution in [1.82, 2.24) is 19.8 Å². The van der Waals surface area contributed by atoms with Gasteiger partial charge < -0.3 is 4.52 Å². The summed E-state index contributed by atoms with van der Waals surface area (Å²) < 4.78 is 31.5. The number of hydrogen-bond donors (Lipinski definition) is 1. The molecule has 0 aliphatic rings. The van der Waals surface area contributed by atoms with Gasteiger partial charge in [0.2, 0.25) is 10.0 Å². The highest BCUT2D eigenvalue weighted by Gasteiger charge is 2.23. The molecule has 7 nitrogen and oxygen atoms in total. The fourth-order valence-electron chi connectivity index (χ4n) is 1.72. The summed E-state index contributed by atoms with van der Waals surface area (Å²) in [5.41, 5.74) is 1.22. The number of aromatic nitrogens is 3. The van der Waals surface area contributed by atoms with Crippen LogP contribution in [0.25, 0.3) is 0 Å². The predicted molar refractivity (Wildman–Crippen MR) is 66.9 cm³/mol. The first-order chi connectivity index (χ1) is 9.00. The molecule has 0 aliphatic heterocycles. The van der Waals surface area contributed by atoms with E-state index in [2.05, 4.69) is 19.8 Å². The van der Waals surface area contributed by atoms with E-state index in [1.54, 1.807) is 26.2 Å². The van der Waals surface area contributed by atoms with Crippen molar-refractivity contribution in [3.63, 3.8) is 0 Å². The largest absolute Gasteiger partial charge is 0.360 e. The van der Waals surface area contributed by atoms with Crippen LogP contribution in [-0.2, 0) is 16.4 Å². The smallest absolute Gasteiger partial charge is 0.245 e. The third-order valence-electron chi connectivity index (χ3n) is 2.56. The van der Waals surface area contributed by atoms with Gasteiger partial charge in [-0.25, -0.2) is 23.1 Å². The van der Waals surface area contributed by atoms with Gasteiger partial charge in [0.25, 0.3) is 0 Å². The Balaban J connectivity index is 2.03. The quantitative estimate of drug-likeness (QED) is 0.862. The first-order valence-corrected chi connectivity index (χ1v) is 7.15.